The maximum absolute atomic E-state index is 11.6. The molecule has 0 N–H and O–H groups in total. The highest BCUT2D eigenvalue weighted by Crippen LogP contribution is 1.93. The molecule has 1 aromatic rings. The third-order valence-electron chi connectivity index (χ3n) is 2.27. The zero-order valence-corrected chi connectivity index (χ0v) is 9.73. The Kier molecular flexibility index (Phi) is 4.76. The van der Waals surface area contributed by atoms with Crippen molar-refractivity contribution in [3.8, 4) is 0 Å². The fourth-order valence-electron chi connectivity index (χ4n) is 1.30. The molecule has 88 valence electrons. The van der Waals surface area contributed by atoms with Crippen molar-refractivity contribution in [2.45, 2.75) is 33.2 Å². The monoisotopic (exact) mass is 223 g/mol. The van der Waals surface area contributed by atoms with Crippen LogP contribution in [0.15, 0.2) is 23.1 Å². The summed E-state index contributed by atoms with van der Waals surface area (Å²) in [5.41, 5.74) is 0.485. The van der Waals surface area contributed by atoms with Crippen LogP contribution in [-0.4, -0.2) is 17.1 Å². The van der Waals surface area contributed by atoms with Gasteiger partial charge in [0.05, 0.1) is 6.61 Å². The van der Waals surface area contributed by atoms with Crippen molar-refractivity contribution in [1.82, 2.24) is 4.57 Å². The maximum Gasteiger partial charge on any atom is 0.326 e. The van der Waals surface area contributed by atoms with Crippen LogP contribution in [0, 0.1) is 6.92 Å². The Bertz CT molecular complexity index is 409. The molecule has 0 fully saturated rings. The van der Waals surface area contributed by atoms with Gasteiger partial charge in [0.2, 0.25) is 0 Å². The van der Waals surface area contributed by atoms with Gasteiger partial charge in [0.1, 0.15) is 6.54 Å². The van der Waals surface area contributed by atoms with Crippen LogP contribution < -0.4 is 5.56 Å². The Morgan fingerprint density at radius 1 is 1.50 bits per heavy atom. The number of hydrogen-bond donors (Lipinski definition) is 0. The Hall–Kier alpha value is -1.58. The standard InChI is InChI=1S/C12H17NO3/c1-3-4-8-16-11(14)9-13-7-5-6-10(2)12(13)15/h5-7H,3-4,8-9H2,1-2H3. The summed E-state index contributed by atoms with van der Waals surface area (Å²) in [4.78, 5) is 23.0. The molecule has 0 saturated carbocycles. The fraction of sp³-hybridized carbons (Fsp3) is 0.500. The van der Waals surface area contributed by atoms with Gasteiger partial charge in [-0.15, -0.1) is 0 Å². The van der Waals surface area contributed by atoms with Gasteiger partial charge in [-0.05, 0) is 19.4 Å². The van der Waals surface area contributed by atoms with E-state index in [0.29, 0.717) is 12.2 Å². The molecule has 0 aromatic carbocycles. The summed E-state index contributed by atoms with van der Waals surface area (Å²) in [7, 11) is 0. The largest absolute Gasteiger partial charge is 0.464 e. The first-order valence-corrected chi connectivity index (χ1v) is 5.47. The zero-order valence-electron chi connectivity index (χ0n) is 9.73. The lowest BCUT2D eigenvalue weighted by Crippen LogP contribution is -2.26. The minimum absolute atomic E-state index is 0.00969. The Labute approximate surface area is 94.9 Å². The van der Waals surface area contributed by atoms with Crippen molar-refractivity contribution < 1.29 is 9.53 Å². The normalized spacial score (nSPS) is 10.1. The van der Waals surface area contributed by atoms with E-state index in [4.69, 9.17) is 4.74 Å². The molecular weight excluding hydrogens is 206 g/mol. The predicted molar refractivity (Wildman–Crippen MR) is 61.3 cm³/mol. The number of hydrogen-bond acceptors (Lipinski definition) is 3. The summed E-state index contributed by atoms with van der Waals surface area (Å²) in [6, 6.07) is 3.47. The highest BCUT2D eigenvalue weighted by Gasteiger charge is 2.05. The summed E-state index contributed by atoms with van der Waals surface area (Å²) in [6.45, 7) is 4.17. The summed E-state index contributed by atoms with van der Waals surface area (Å²) >= 11 is 0. The number of aromatic nitrogens is 1. The lowest BCUT2D eigenvalue weighted by atomic mass is 10.3. The van der Waals surface area contributed by atoms with E-state index in [9.17, 15) is 9.59 Å². The van der Waals surface area contributed by atoms with Crippen LogP contribution in [0.25, 0.3) is 0 Å². The molecular formula is C12H17NO3. The quantitative estimate of drug-likeness (QED) is 0.561. The maximum atomic E-state index is 11.6. The van der Waals surface area contributed by atoms with Crippen LogP contribution in [0.5, 0.6) is 0 Å². The SMILES string of the molecule is CCCCOC(=O)Cn1cccc(C)c1=O. The van der Waals surface area contributed by atoms with Crippen molar-refractivity contribution in [3.63, 3.8) is 0 Å². The number of carbonyl (C=O) groups is 1. The summed E-state index contributed by atoms with van der Waals surface area (Å²) in [6.07, 6.45) is 3.43. The topological polar surface area (TPSA) is 48.3 Å². The van der Waals surface area contributed by atoms with E-state index in [0.717, 1.165) is 12.8 Å². The van der Waals surface area contributed by atoms with Gasteiger partial charge in [-0.25, -0.2) is 0 Å². The number of carbonyl (C=O) groups excluding carboxylic acids is 1. The molecule has 0 unspecified atom stereocenters. The molecule has 1 heterocycles. The lowest BCUT2D eigenvalue weighted by Gasteiger charge is -2.06. The van der Waals surface area contributed by atoms with Gasteiger partial charge < -0.3 is 9.30 Å². The second kappa shape index (κ2) is 6.10. The number of ether oxygens (including phenoxy) is 1. The number of aryl methyl sites for hydroxylation is 1. The fourth-order valence-corrected chi connectivity index (χ4v) is 1.30. The van der Waals surface area contributed by atoms with Crippen LogP contribution in [0.1, 0.15) is 25.3 Å². The van der Waals surface area contributed by atoms with E-state index in [1.54, 1.807) is 25.3 Å². The van der Waals surface area contributed by atoms with Gasteiger partial charge in [0.15, 0.2) is 0 Å². The molecule has 0 aliphatic carbocycles. The molecule has 0 aliphatic rings. The van der Waals surface area contributed by atoms with Gasteiger partial charge in [-0.3, -0.25) is 9.59 Å². The Morgan fingerprint density at radius 2 is 2.25 bits per heavy atom. The highest BCUT2D eigenvalue weighted by molar-refractivity contribution is 5.69. The van der Waals surface area contributed by atoms with E-state index in [2.05, 4.69) is 0 Å². The molecule has 0 atom stereocenters. The van der Waals surface area contributed by atoms with Gasteiger partial charge in [-0.1, -0.05) is 19.4 Å². The average Bonchev–Trinajstić information content (AvgIpc) is 2.25. The van der Waals surface area contributed by atoms with E-state index < -0.39 is 0 Å². The highest BCUT2D eigenvalue weighted by atomic mass is 16.5. The molecule has 0 aliphatic heterocycles. The summed E-state index contributed by atoms with van der Waals surface area (Å²) in [5, 5.41) is 0. The first-order chi connectivity index (χ1) is 7.65. The smallest absolute Gasteiger partial charge is 0.326 e. The van der Waals surface area contributed by atoms with Crippen molar-refractivity contribution in [1.29, 1.82) is 0 Å². The molecule has 4 nitrogen and oxygen atoms in total. The van der Waals surface area contributed by atoms with Crippen LogP contribution in [0.2, 0.25) is 0 Å². The minimum atomic E-state index is -0.360. The van der Waals surface area contributed by atoms with Crippen LogP contribution in [0.3, 0.4) is 0 Å². The van der Waals surface area contributed by atoms with E-state index in [1.807, 2.05) is 6.92 Å². The van der Waals surface area contributed by atoms with Crippen molar-refractivity contribution in [2.75, 3.05) is 6.61 Å². The first-order valence-electron chi connectivity index (χ1n) is 5.47. The summed E-state index contributed by atoms with van der Waals surface area (Å²) in [5.74, 6) is -0.360. The van der Waals surface area contributed by atoms with Gasteiger partial charge in [-0.2, -0.15) is 0 Å². The predicted octanol–water partition coefficient (Wildman–Crippen LogP) is 1.50. The van der Waals surface area contributed by atoms with Crippen LogP contribution >= 0.6 is 0 Å². The number of nitrogens with zero attached hydrogens (tertiary/aromatic N) is 1. The van der Waals surface area contributed by atoms with Crippen LogP contribution in [0.4, 0.5) is 0 Å². The Morgan fingerprint density at radius 3 is 2.94 bits per heavy atom. The van der Waals surface area contributed by atoms with Crippen molar-refractivity contribution in [2.24, 2.45) is 0 Å². The van der Waals surface area contributed by atoms with Gasteiger partial charge in [0.25, 0.3) is 5.56 Å². The lowest BCUT2D eigenvalue weighted by molar-refractivity contribution is -0.144. The number of unbranched alkanes of at least 4 members (excludes halogenated alkanes) is 1. The van der Waals surface area contributed by atoms with E-state index in [-0.39, 0.29) is 18.1 Å². The molecule has 1 rings (SSSR count). The number of rotatable bonds is 5. The third kappa shape index (κ3) is 3.53. The average molecular weight is 223 g/mol. The van der Waals surface area contributed by atoms with Crippen molar-refractivity contribution >= 4 is 5.97 Å². The molecule has 0 saturated heterocycles. The van der Waals surface area contributed by atoms with Crippen LogP contribution in [-0.2, 0) is 16.1 Å². The van der Waals surface area contributed by atoms with Gasteiger partial charge in [0, 0.05) is 11.8 Å². The molecule has 4 heteroatoms. The van der Waals surface area contributed by atoms with E-state index in [1.165, 1.54) is 4.57 Å². The zero-order chi connectivity index (χ0) is 12.0. The second-order valence-electron chi connectivity index (χ2n) is 3.70. The Balaban J connectivity index is 2.56. The van der Waals surface area contributed by atoms with Crippen molar-refractivity contribution in [3.05, 3.63) is 34.2 Å². The summed E-state index contributed by atoms with van der Waals surface area (Å²) < 4.78 is 6.35. The number of pyridine rings is 1. The van der Waals surface area contributed by atoms with Gasteiger partial charge >= 0.3 is 5.97 Å². The van der Waals surface area contributed by atoms with E-state index >= 15 is 0 Å². The molecule has 16 heavy (non-hydrogen) atoms. The molecule has 0 spiro atoms. The molecule has 1 aromatic heterocycles. The molecule has 0 radical (unpaired) electrons. The second-order valence-corrected chi connectivity index (χ2v) is 3.70. The first kappa shape index (κ1) is 12.5. The third-order valence-corrected chi connectivity index (χ3v) is 2.27. The molecule has 0 bridgehead atoms. The molecule has 0 amide bonds. The number of esters is 1. The minimum Gasteiger partial charge on any atom is -0.464 e.